The van der Waals surface area contributed by atoms with Crippen LogP contribution in [0.5, 0.6) is 0 Å². The number of fused-ring (bicyclic) bond motifs is 1. The van der Waals surface area contributed by atoms with Crippen molar-refractivity contribution in [2.75, 3.05) is 12.4 Å². The van der Waals surface area contributed by atoms with Crippen molar-refractivity contribution >= 4 is 40.8 Å². The normalized spacial score (nSPS) is 17.1. The number of nitrogens with zero attached hydrogens (tertiary/aromatic N) is 1. The first-order valence-electron chi connectivity index (χ1n) is 11.3. The summed E-state index contributed by atoms with van der Waals surface area (Å²) in [4.78, 5) is 51.4. The number of halogens is 4. The number of nitrogens with one attached hydrogen (secondary N) is 3. The van der Waals surface area contributed by atoms with Crippen LogP contribution in [0.15, 0.2) is 12.1 Å². The lowest BCUT2D eigenvalue weighted by Crippen LogP contribution is -2.69. The molecule has 1 aliphatic heterocycles. The van der Waals surface area contributed by atoms with E-state index in [0.29, 0.717) is 30.6 Å². The average Bonchev–Trinajstić information content (AvgIpc) is 3.36. The molecule has 8 nitrogen and oxygen atoms in total. The van der Waals surface area contributed by atoms with Gasteiger partial charge in [0.1, 0.15) is 11.2 Å². The average molecular weight is 525 g/mol. The monoisotopic (exact) mass is 524 g/mol. The lowest BCUT2D eigenvalue weighted by atomic mass is 9.72. The van der Waals surface area contributed by atoms with E-state index in [1.165, 1.54) is 20.0 Å². The number of anilines is 1. The van der Waals surface area contributed by atoms with Crippen LogP contribution in [0.25, 0.3) is 0 Å². The third kappa shape index (κ3) is 4.15. The quantitative estimate of drug-likeness (QED) is 0.398. The molecule has 0 spiro atoms. The van der Waals surface area contributed by atoms with Gasteiger partial charge >= 0.3 is 0 Å². The smallest absolute Gasteiger partial charge is 0.293 e. The molecular formula is C24H24ClF3N4O4. The minimum absolute atomic E-state index is 0.0318. The van der Waals surface area contributed by atoms with Gasteiger partial charge in [-0.1, -0.05) is 17.7 Å². The molecule has 3 N–H and O–H groups in total. The number of hydrogen-bond acceptors (Lipinski definition) is 4. The van der Waals surface area contributed by atoms with Crippen LogP contribution in [0.4, 0.5) is 18.9 Å². The fourth-order valence-electron chi connectivity index (χ4n) is 5.00. The maximum Gasteiger partial charge on any atom is 0.293 e. The molecule has 1 aromatic carbocycles. The van der Waals surface area contributed by atoms with Gasteiger partial charge < -0.3 is 20.5 Å². The van der Waals surface area contributed by atoms with Gasteiger partial charge in [0.2, 0.25) is 5.91 Å². The molecule has 0 unspecified atom stereocenters. The number of carbonyl (C=O) groups is 4. The molecule has 2 aromatic rings. The minimum atomic E-state index is -3.14. The highest BCUT2D eigenvalue weighted by Crippen LogP contribution is 2.46. The zero-order chi connectivity index (χ0) is 26.6. The Kier molecular flexibility index (Phi) is 6.40. The van der Waals surface area contributed by atoms with Crippen molar-refractivity contribution in [3.63, 3.8) is 0 Å². The number of amides is 3. The minimum Gasteiger partial charge on any atom is -0.357 e. The van der Waals surface area contributed by atoms with Crippen LogP contribution in [0, 0.1) is 19.7 Å². The van der Waals surface area contributed by atoms with Gasteiger partial charge in [-0.3, -0.25) is 19.2 Å². The third-order valence-corrected chi connectivity index (χ3v) is 7.18. The van der Waals surface area contributed by atoms with Crippen molar-refractivity contribution in [3.05, 3.63) is 51.1 Å². The number of likely N-dealkylation sites (N-methyl/N-ethyl adjacent to an activating group) is 1. The number of benzene rings is 1. The van der Waals surface area contributed by atoms with E-state index >= 15 is 0 Å². The van der Waals surface area contributed by atoms with Crippen molar-refractivity contribution < 1.29 is 32.3 Å². The SMILES string of the molecule is CNC(=O)C1(NC(=O)C(=O)c2c(C)c(C(=O)Nc3ccc(C)c(Cl)c3F)n3c2CCC3)CC(F)(F)C1. The molecule has 12 heteroatoms. The number of hydrogen-bond donors (Lipinski definition) is 3. The molecule has 0 bridgehead atoms. The summed E-state index contributed by atoms with van der Waals surface area (Å²) in [6, 6.07) is 2.91. The molecular weight excluding hydrogens is 501 g/mol. The van der Waals surface area contributed by atoms with E-state index in [1.54, 1.807) is 17.6 Å². The van der Waals surface area contributed by atoms with Crippen LogP contribution >= 0.6 is 11.6 Å². The Hall–Kier alpha value is -3.34. The third-order valence-electron chi connectivity index (χ3n) is 6.72. The molecule has 1 fully saturated rings. The Balaban J connectivity index is 1.64. The van der Waals surface area contributed by atoms with Crippen molar-refractivity contribution in [3.8, 4) is 0 Å². The highest BCUT2D eigenvalue weighted by atomic mass is 35.5. The lowest BCUT2D eigenvalue weighted by molar-refractivity contribution is -0.164. The molecule has 192 valence electrons. The van der Waals surface area contributed by atoms with Crippen LogP contribution < -0.4 is 16.0 Å². The summed E-state index contributed by atoms with van der Waals surface area (Å²) in [5.74, 6) is -7.73. The van der Waals surface area contributed by atoms with E-state index in [-0.39, 0.29) is 27.5 Å². The molecule has 2 heterocycles. The van der Waals surface area contributed by atoms with Crippen LogP contribution in [0.1, 0.15) is 56.9 Å². The van der Waals surface area contributed by atoms with E-state index in [9.17, 15) is 32.3 Å². The van der Waals surface area contributed by atoms with Crippen LogP contribution in [0.2, 0.25) is 5.02 Å². The second kappa shape index (κ2) is 8.95. The molecule has 0 radical (unpaired) electrons. The van der Waals surface area contributed by atoms with Gasteiger partial charge in [0.25, 0.3) is 23.5 Å². The number of aryl methyl sites for hydroxylation is 1. The number of aromatic nitrogens is 1. The van der Waals surface area contributed by atoms with E-state index in [4.69, 9.17) is 11.6 Å². The maximum atomic E-state index is 14.6. The van der Waals surface area contributed by atoms with Gasteiger partial charge in [0.15, 0.2) is 5.82 Å². The highest BCUT2D eigenvalue weighted by Gasteiger charge is 2.62. The van der Waals surface area contributed by atoms with Gasteiger partial charge in [-0.05, 0) is 43.9 Å². The highest BCUT2D eigenvalue weighted by molar-refractivity contribution is 6.44. The van der Waals surface area contributed by atoms with Gasteiger partial charge in [0, 0.05) is 32.1 Å². The molecule has 36 heavy (non-hydrogen) atoms. The van der Waals surface area contributed by atoms with E-state index in [0.717, 1.165) is 0 Å². The Morgan fingerprint density at radius 3 is 2.39 bits per heavy atom. The van der Waals surface area contributed by atoms with Crippen molar-refractivity contribution in [2.45, 2.75) is 57.5 Å². The fraction of sp³-hybridized carbons (Fsp3) is 0.417. The maximum absolute atomic E-state index is 14.6. The summed E-state index contributed by atoms with van der Waals surface area (Å²) in [6.45, 7) is 3.48. The molecule has 1 saturated carbocycles. The standard InChI is InChI=1S/C24H24ClF3N4O4/c1-11-6-7-13(17(26)16(11)25)30-20(34)18-12(2)15(14-5-4-8-32(14)18)19(33)21(35)31-23(22(36)29-3)9-24(27,28)10-23/h6-7H,4-5,8-10H2,1-3H3,(H,29,36)(H,30,34)(H,31,35). The second-order valence-corrected chi connectivity index (χ2v) is 9.59. The molecule has 0 atom stereocenters. The predicted octanol–water partition coefficient (Wildman–Crippen LogP) is 3.31. The molecule has 3 amide bonds. The summed E-state index contributed by atoms with van der Waals surface area (Å²) in [6.07, 6.45) is -0.865. The topological polar surface area (TPSA) is 109 Å². The molecule has 0 saturated heterocycles. The molecule has 1 aliphatic carbocycles. The van der Waals surface area contributed by atoms with Crippen LogP contribution in [-0.2, 0) is 22.6 Å². The van der Waals surface area contributed by atoms with E-state index in [1.807, 2.05) is 0 Å². The summed E-state index contributed by atoms with van der Waals surface area (Å²) in [5.41, 5.74) is -0.884. The van der Waals surface area contributed by atoms with Crippen molar-refractivity contribution in [1.82, 2.24) is 15.2 Å². The Morgan fingerprint density at radius 1 is 1.11 bits per heavy atom. The molecule has 1 aromatic heterocycles. The summed E-state index contributed by atoms with van der Waals surface area (Å²) in [5, 5.41) is 6.77. The summed E-state index contributed by atoms with van der Waals surface area (Å²) < 4.78 is 43.3. The first-order valence-corrected chi connectivity index (χ1v) is 11.6. The van der Waals surface area contributed by atoms with Gasteiger partial charge in [0.05, 0.1) is 16.3 Å². The Morgan fingerprint density at radius 2 is 1.78 bits per heavy atom. The number of alkyl halides is 2. The Labute approximate surface area is 209 Å². The first kappa shape index (κ1) is 25.7. The summed E-state index contributed by atoms with van der Waals surface area (Å²) in [7, 11) is 1.24. The summed E-state index contributed by atoms with van der Waals surface area (Å²) >= 11 is 5.94. The van der Waals surface area contributed by atoms with Crippen molar-refractivity contribution in [2.24, 2.45) is 0 Å². The van der Waals surface area contributed by atoms with Crippen LogP contribution in [0.3, 0.4) is 0 Å². The van der Waals surface area contributed by atoms with Crippen molar-refractivity contribution in [1.29, 1.82) is 0 Å². The number of rotatable bonds is 6. The largest absolute Gasteiger partial charge is 0.357 e. The number of Topliss-reactive ketones (excluding diaryl/α,β-unsaturated/α-hetero) is 1. The van der Waals surface area contributed by atoms with E-state index < -0.39 is 53.6 Å². The first-order chi connectivity index (χ1) is 16.8. The van der Waals surface area contributed by atoms with E-state index in [2.05, 4.69) is 16.0 Å². The zero-order valence-corrected chi connectivity index (χ0v) is 20.5. The Bertz CT molecular complexity index is 1310. The van der Waals surface area contributed by atoms with Crippen LogP contribution in [-0.4, -0.2) is 46.6 Å². The van der Waals surface area contributed by atoms with Gasteiger partial charge in [-0.15, -0.1) is 0 Å². The lowest BCUT2D eigenvalue weighted by Gasteiger charge is -2.45. The predicted molar refractivity (Wildman–Crippen MR) is 125 cm³/mol. The van der Waals surface area contributed by atoms with Gasteiger partial charge in [-0.2, -0.15) is 0 Å². The number of carbonyl (C=O) groups excluding carboxylic acids is 4. The molecule has 4 rings (SSSR count). The second-order valence-electron chi connectivity index (χ2n) is 9.22. The van der Waals surface area contributed by atoms with Gasteiger partial charge in [-0.25, -0.2) is 13.2 Å². The number of ketones is 1. The molecule has 2 aliphatic rings. The zero-order valence-electron chi connectivity index (χ0n) is 19.8. The fourth-order valence-corrected chi connectivity index (χ4v) is 5.17.